The van der Waals surface area contributed by atoms with E-state index in [1.165, 1.54) is 11.3 Å². The molecule has 1 aliphatic carbocycles. The first-order valence-electron chi connectivity index (χ1n) is 11.0. The number of halogens is 3. The van der Waals surface area contributed by atoms with Crippen molar-refractivity contribution in [1.29, 1.82) is 0 Å². The molecular weight excluding hydrogens is 471 g/mol. The molecule has 1 unspecified atom stereocenters. The van der Waals surface area contributed by atoms with Crippen LogP contribution >= 0.6 is 0 Å². The van der Waals surface area contributed by atoms with Gasteiger partial charge in [0, 0.05) is 18.9 Å². The molecule has 7 nitrogen and oxygen atoms in total. The average molecular weight is 496 g/mol. The Balaban J connectivity index is 1.58. The van der Waals surface area contributed by atoms with Gasteiger partial charge in [-0.15, -0.1) is 0 Å². The van der Waals surface area contributed by atoms with Crippen LogP contribution in [0.3, 0.4) is 0 Å². The summed E-state index contributed by atoms with van der Waals surface area (Å²) in [7, 11) is -5.53. The van der Waals surface area contributed by atoms with E-state index in [4.69, 9.17) is 0 Å². The molecule has 0 spiro atoms. The highest BCUT2D eigenvalue weighted by Gasteiger charge is 2.47. The predicted octanol–water partition coefficient (Wildman–Crippen LogP) is 4.78. The molecule has 3 amide bonds. The van der Waals surface area contributed by atoms with Crippen LogP contribution < -0.4 is 4.90 Å². The largest absolute Gasteiger partial charge is 0.501 e. The molecule has 1 saturated heterocycles. The average Bonchev–Trinajstić information content (AvgIpc) is 3.02. The van der Waals surface area contributed by atoms with E-state index in [1.807, 2.05) is 12.3 Å². The molecule has 2 fully saturated rings. The van der Waals surface area contributed by atoms with Gasteiger partial charge in [0.2, 0.25) is 0 Å². The van der Waals surface area contributed by atoms with Gasteiger partial charge < -0.3 is 4.90 Å². The second kappa shape index (κ2) is 9.01. The van der Waals surface area contributed by atoms with E-state index in [0.717, 1.165) is 66.0 Å². The first-order chi connectivity index (χ1) is 16.0. The number of amides is 3. The molecule has 1 saturated carbocycles. The Bertz CT molecular complexity index is 1190. The number of rotatable bonds is 5. The topological polar surface area (TPSA) is 87.7 Å². The number of hydrogen-bond acceptors (Lipinski definition) is 5. The van der Waals surface area contributed by atoms with Gasteiger partial charge in [-0.2, -0.15) is 13.2 Å². The number of sulfone groups is 1. The Morgan fingerprint density at radius 1 is 1.03 bits per heavy atom. The van der Waals surface area contributed by atoms with Crippen LogP contribution in [0.5, 0.6) is 0 Å². The van der Waals surface area contributed by atoms with E-state index in [0.29, 0.717) is 5.92 Å². The lowest BCUT2D eigenvalue weighted by molar-refractivity contribution is -0.119. The number of imide groups is 1. The van der Waals surface area contributed by atoms with Gasteiger partial charge in [-0.05, 0) is 67.1 Å². The van der Waals surface area contributed by atoms with E-state index >= 15 is 0 Å². The SMILES string of the molecule is CC1C(=O)N(c2ccc(S(=O)(=O)C(F)(F)F)cc2)C(=O)N1Cc1ccncc1C1CCCCC1. The zero-order valence-electron chi connectivity index (χ0n) is 18.5. The smallest absolute Gasteiger partial charge is 0.308 e. The number of aromatic nitrogens is 1. The lowest BCUT2D eigenvalue weighted by Gasteiger charge is -2.26. The van der Waals surface area contributed by atoms with Crippen LogP contribution in [0.2, 0.25) is 0 Å². The molecule has 0 bridgehead atoms. The highest BCUT2D eigenvalue weighted by molar-refractivity contribution is 7.92. The van der Waals surface area contributed by atoms with Crippen molar-refractivity contribution >= 4 is 27.5 Å². The summed E-state index contributed by atoms with van der Waals surface area (Å²) < 4.78 is 61.6. The van der Waals surface area contributed by atoms with Crippen molar-refractivity contribution in [3.63, 3.8) is 0 Å². The molecule has 1 aromatic heterocycles. The first kappa shape index (κ1) is 24.2. The number of hydrogen-bond donors (Lipinski definition) is 0. The van der Waals surface area contributed by atoms with Crippen LogP contribution in [0, 0.1) is 0 Å². The Labute approximate surface area is 195 Å². The minimum Gasteiger partial charge on any atom is -0.308 e. The minimum atomic E-state index is -5.53. The molecule has 34 heavy (non-hydrogen) atoms. The van der Waals surface area contributed by atoms with Gasteiger partial charge >= 0.3 is 11.5 Å². The highest BCUT2D eigenvalue weighted by Crippen LogP contribution is 2.36. The number of anilines is 1. The second-order valence-electron chi connectivity index (χ2n) is 8.61. The maximum Gasteiger partial charge on any atom is 0.501 e. The molecule has 1 aliphatic heterocycles. The molecule has 1 atom stereocenters. The van der Waals surface area contributed by atoms with E-state index in [9.17, 15) is 31.2 Å². The molecular formula is C23H24F3N3O4S. The lowest BCUT2D eigenvalue weighted by Crippen LogP contribution is -2.34. The normalized spacial score (nSPS) is 20.3. The molecule has 2 heterocycles. The summed E-state index contributed by atoms with van der Waals surface area (Å²) >= 11 is 0. The number of urea groups is 1. The van der Waals surface area contributed by atoms with Crippen LogP contribution in [0.25, 0.3) is 0 Å². The van der Waals surface area contributed by atoms with E-state index in [1.54, 1.807) is 13.1 Å². The number of benzene rings is 1. The molecule has 4 rings (SSSR count). The molecule has 11 heteroatoms. The fourth-order valence-corrected chi connectivity index (χ4v) is 5.36. The van der Waals surface area contributed by atoms with Crippen LogP contribution in [0.15, 0.2) is 47.6 Å². The lowest BCUT2D eigenvalue weighted by atomic mass is 9.83. The van der Waals surface area contributed by atoms with Gasteiger partial charge in [0.15, 0.2) is 0 Å². The van der Waals surface area contributed by atoms with Crippen LogP contribution in [-0.4, -0.2) is 41.8 Å². The van der Waals surface area contributed by atoms with E-state index in [-0.39, 0.29) is 12.2 Å². The van der Waals surface area contributed by atoms with Crippen molar-refractivity contribution in [3.8, 4) is 0 Å². The highest BCUT2D eigenvalue weighted by atomic mass is 32.2. The van der Waals surface area contributed by atoms with Crippen LogP contribution in [0.1, 0.15) is 56.1 Å². The van der Waals surface area contributed by atoms with Gasteiger partial charge in [-0.1, -0.05) is 19.3 Å². The third-order valence-corrected chi connectivity index (χ3v) is 8.03. The number of nitrogens with zero attached hydrogens (tertiary/aromatic N) is 3. The maximum absolute atomic E-state index is 13.2. The Hall–Kier alpha value is -2.95. The number of carbonyl (C=O) groups is 2. The summed E-state index contributed by atoms with van der Waals surface area (Å²) in [5.74, 6) is -0.190. The summed E-state index contributed by atoms with van der Waals surface area (Å²) in [6.07, 6.45) is 9.00. The van der Waals surface area contributed by atoms with Gasteiger partial charge in [-0.25, -0.2) is 18.1 Å². The Morgan fingerprint density at radius 3 is 2.29 bits per heavy atom. The summed E-state index contributed by atoms with van der Waals surface area (Å²) in [6.45, 7) is 1.78. The summed E-state index contributed by atoms with van der Waals surface area (Å²) in [4.78, 5) is 31.6. The number of alkyl halides is 3. The van der Waals surface area contributed by atoms with Crippen molar-refractivity contribution in [2.24, 2.45) is 0 Å². The van der Waals surface area contributed by atoms with Gasteiger partial charge in [-0.3, -0.25) is 9.78 Å². The maximum atomic E-state index is 13.2. The summed E-state index contributed by atoms with van der Waals surface area (Å²) in [5, 5.41) is 0. The zero-order chi connectivity index (χ0) is 24.7. The van der Waals surface area contributed by atoms with E-state index in [2.05, 4.69) is 4.98 Å². The van der Waals surface area contributed by atoms with Crippen molar-refractivity contribution < 1.29 is 31.2 Å². The third-order valence-electron chi connectivity index (χ3n) is 6.52. The molecule has 2 aliphatic rings. The summed E-state index contributed by atoms with van der Waals surface area (Å²) in [6, 6.07) is 3.99. The molecule has 1 aromatic carbocycles. The summed E-state index contributed by atoms with van der Waals surface area (Å²) in [5.41, 5.74) is -3.47. The van der Waals surface area contributed by atoms with Crippen molar-refractivity contribution in [3.05, 3.63) is 53.9 Å². The van der Waals surface area contributed by atoms with Gasteiger partial charge in [0.25, 0.3) is 15.7 Å². The van der Waals surface area contributed by atoms with Gasteiger partial charge in [0.05, 0.1) is 10.6 Å². The molecule has 0 radical (unpaired) electrons. The molecule has 0 N–H and O–H groups in total. The van der Waals surface area contributed by atoms with Gasteiger partial charge in [0.1, 0.15) is 6.04 Å². The Morgan fingerprint density at radius 2 is 1.68 bits per heavy atom. The number of pyridine rings is 1. The fourth-order valence-electron chi connectivity index (χ4n) is 4.60. The molecule has 2 aromatic rings. The fraction of sp³-hybridized carbons (Fsp3) is 0.435. The van der Waals surface area contributed by atoms with Crippen molar-refractivity contribution in [2.45, 2.75) is 67.9 Å². The zero-order valence-corrected chi connectivity index (χ0v) is 19.3. The first-order valence-corrected chi connectivity index (χ1v) is 12.5. The predicted molar refractivity (Wildman–Crippen MR) is 118 cm³/mol. The second-order valence-corrected chi connectivity index (χ2v) is 10.6. The van der Waals surface area contributed by atoms with Crippen LogP contribution in [0.4, 0.5) is 23.7 Å². The third kappa shape index (κ3) is 4.28. The van der Waals surface area contributed by atoms with Crippen molar-refractivity contribution in [1.82, 2.24) is 9.88 Å². The standard InChI is InChI=1S/C23H24F3N3O4S/c1-15-21(30)29(18-7-9-19(10-8-18)34(32,33)23(24,25)26)22(31)28(15)14-17-11-12-27-13-20(17)16-5-3-2-4-6-16/h7-13,15-16H,2-6,14H2,1H3. The van der Waals surface area contributed by atoms with Crippen LogP contribution in [-0.2, 0) is 21.2 Å². The monoisotopic (exact) mass is 495 g/mol. The quantitative estimate of drug-likeness (QED) is 0.557. The Kier molecular flexibility index (Phi) is 6.41. The number of carbonyl (C=O) groups excluding carboxylic acids is 2. The molecule has 182 valence electrons. The van der Waals surface area contributed by atoms with E-state index < -0.39 is 38.2 Å². The minimum absolute atomic E-state index is 0.00714. The van der Waals surface area contributed by atoms with Crippen molar-refractivity contribution in [2.75, 3.05) is 4.90 Å².